The van der Waals surface area contributed by atoms with Crippen LogP contribution in [0.2, 0.25) is 5.02 Å². The van der Waals surface area contributed by atoms with Crippen molar-refractivity contribution in [3.05, 3.63) is 33.3 Å². The lowest BCUT2D eigenvalue weighted by Gasteiger charge is -2.34. The average Bonchev–Trinajstić information content (AvgIpc) is 2.34. The molecule has 2 rings (SSSR count). The summed E-state index contributed by atoms with van der Waals surface area (Å²) in [4.78, 5) is 2.48. The van der Waals surface area contributed by atoms with Gasteiger partial charge in [-0.05, 0) is 56.0 Å². The van der Waals surface area contributed by atoms with Crippen molar-refractivity contribution in [2.45, 2.75) is 32.4 Å². The fraction of sp³-hybridized carbons (Fsp3) is 0.571. The molecule has 1 fully saturated rings. The van der Waals surface area contributed by atoms with Gasteiger partial charge < -0.3 is 5.73 Å². The number of hydrogen-bond acceptors (Lipinski definition) is 2. The highest BCUT2D eigenvalue weighted by Crippen LogP contribution is 2.25. The van der Waals surface area contributed by atoms with Crippen LogP contribution in [0.5, 0.6) is 0 Å². The van der Waals surface area contributed by atoms with Gasteiger partial charge in [-0.3, -0.25) is 4.90 Å². The first-order valence-corrected chi connectivity index (χ1v) is 7.65. The van der Waals surface area contributed by atoms with Gasteiger partial charge in [0.25, 0.3) is 0 Å². The second-order valence-electron chi connectivity index (χ2n) is 5.23. The Morgan fingerprint density at radius 2 is 2.26 bits per heavy atom. The molecule has 1 aromatic carbocycles. The first kappa shape index (κ1) is 17.3. The molecule has 2 nitrogen and oxygen atoms in total. The molecule has 108 valence electrons. The average molecular weight is 368 g/mol. The van der Waals surface area contributed by atoms with E-state index in [1.807, 2.05) is 18.2 Å². The Balaban J connectivity index is 0.00000180. The highest BCUT2D eigenvalue weighted by molar-refractivity contribution is 9.10. The summed E-state index contributed by atoms with van der Waals surface area (Å²) in [6, 6.07) is 6.26. The molecule has 2 N–H and O–H groups in total. The highest BCUT2D eigenvalue weighted by Gasteiger charge is 2.22. The third-order valence-electron chi connectivity index (χ3n) is 3.69. The SMILES string of the molecule is CC(N)C1CCCN(Cc2cc(Cl)ccc2Br)C1.Cl. The Labute approximate surface area is 135 Å². The van der Waals surface area contributed by atoms with Crippen LogP contribution in [-0.4, -0.2) is 24.0 Å². The van der Waals surface area contributed by atoms with Crippen LogP contribution in [0.4, 0.5) is 0 Å². The number of nitrogens with two attached hydrogens (primary N) is 1. The van der Waals surface area contributed by atoms with Crippen molar-refractivity contribution in [3.63, 3.8) is 0 Å². The summed E-state index contributed by atoms with van der Waals surface area (Å²) < 4.78 is 1.13. The van der Waals surface area contributed by atoms with Crippen LogP contribution in [0.15, 0.2) is 22.7 Å². The molecule has 0 aliphatic carbocycles. The minimum atomic E-state index is 0. The van der Waals surface area contributed by atoms with Crippen molar-refractivity contribution in [2.24, 2.45) is 11.7 Å². The molecule has 1 aliphatic heterocycles. The zero-order valence-corrected chi connectivity index (χ0v) is 14.3. The van der Waals surface area contributed by atoms with Crippen LogP contribution in [0.3, 0.4) is 0 Å². The van der Waals surface area contributed by atoms with Crippen molar-refractivity contribution in [2.75, 3.05) is 13.1 Å². The highest BCUT2D eigenvalue weighted by atomic mass is 79.9. The van der Waals surface area contributed by atoms with E-state index in [2.05, 4.69) is 27.8 Å². The van der Waals surface area contributed by atoms with Gasteiger partial charge in [0.2, 0.25) is 0 Å². The number of benzene rings is 1. The van der Waals surface area contributed by atoms with E-state index in [0.717, 1.165) is 29.1 Å². The molecule has 5 heteroatoms. The lowest BCUT2D eigenvalue weighted by atomic mass is 9.92. The molecule has 1 aliphatic rings. The van der Waals surface area contributed by atoms with Gasteiger partial charge in [0, 0.05) is 28.6 Å². The van der Waals surface area contributed by atoms with Crippen LogP contribution in [0, 0.1) is 5.92 Å². The molecule has 2 unspecified atom stereocenters. The molecule has 0 aromatic heterocycles. The molecule has 0 spiro atoms. The van der Waals surface area contributed by atoms with E-state index in [-0.39, 0.29) is 18.4 Å². The van der Waals surface area contributed by atoms with Gasteiger partial charge in [-0.25, -0.2) is 0 Å². The number of nitrogens with zero attached hydrogens (tertiary/aromatic N) is 1. The Morgan fingerprint density at radius 1 is 1.53 bits per heavy atom. The zero-order valence-electron chi connectivity index (χ0n) is 11.1. The summed E-state index contributed by atoms with van der Waals surface area (Å²) in [6.45, 7) is 5.31. The van der Waals surface area contributed by atoms with Crippen LogP contribution >= 0.6 is 39.9 Å². The maximum absolute atomic E-state index is 6.05. The van der Waals surface area contributed by atoms with Gasteiger partial charge in [0.05, 0.1) is 0 Å². The summed E-state index contributed by atoms with van der Waals surface area (Å²) >= 11 is 9.65. The lowest BCUT2D eigenvalue weighted by molar-refractivity contribution is 0.154. The molecule has 1 heterocycles. The van der Waals surface area contributed by atoms with Gasteiger partial charge in [0.1, 0.15) is 0 Å². The monoisotopic (exact) mass is 366 g/mol. The van der Waals surface area contributed by atoms with Crippen molar-refractivity contribution < 1.29 is 0 Å². The summed E-state index contributed by atoms with van der Waals surface area (Å²) in [6.07, 6.45) is 2.50. The predicted molar refractivity (Wildman–Crippen MR) is 88.1 cm³/mol. The fourth-order valence-corrected chi connectivity index (χ4v) is 3.14. The van der Waals surface area contributed by atoms with Crippen molar-refractivity contribution in [3.8, 4) is 0 Å². The summed E-state index contributed by atoms with van der Waals surface area (Å²) in [7, 11) is 0. The summed E-state index contributed by atoms with van der Waals surface area (Å²) in [5, 5.41) is 0.800. The lowest BCUT2D eigenvalue weighted by Crippen LogP contribution is -2.41. The molecule has 1 saturated heterocycles. The van der Waals surface area contributed by atoms with Gasteiger partial charge in [0.15, 0.2) is 0 Å². The first-order chi connectivity index (χ1) is 8.56. The topological polar surface area (TPSA) is 29.3 Å². The molecule has 0 saturated carbocycles. The zero-order chi connectivity index (χ0) is 13.1. The maximum atomic E-state index is 6.05. The normalized spacial score (nSPS) is 21.8. The molecule has 19 heavy (non-hydrogen) atoms. The van der Waals surface area contributed by atoms with Crippen LogP contribution in [0.1, 0.15) is 25.3 Å². The van der Waals surface area contributed by atoms with Crippen LogP contribution in [0.25, 0.3) is 0 Å². The van der Waals surface area contributed by atoms with Gasteiger partial charge in [-0.15, -0.1) is 12.4 Å². The van der Waals surface area contributed by atoms with E-state index in [1.165, 1.54) is 18.4 Å². The molecule has 1 aromatic rings. The molecular formula is C14H21BrCl2N2. The summed E-state index contributed by atoms with van der Waals surface area (Å²) in [5.74, 6) is 0.622. The molecule has 0 bridgehead atoms. The van der Waals surface area contributed by atoms with Gasteiger partial charge in [-0.2, -0.15) is 0 Å². The quantitative estimate of drug-likeness (QED) is 0.871. The number of hydrogen-bond donors (Lipinski definition) is 1. The standard InChI is InChI=1S/C14H20BrClN2.ClH/c1-10(17)11-3-2-6-18(8-11)9-12-7-13(16)4-5-14(12)15;/h4-5,7,10-11H,2-3,6,8-9,17H2,1H3;1H. The van der Waals surface area contributed by atoms with Crippen molar-refractivity contribution >= 4 is 39.9 Å². The largest absolute Gasteiger partial charge is 0.328 e. The second-order valence-corrected chi connectivity index (χ2v) is 6.52. The fourth-order valence-electron chi connectivity index (χ4n) is 2.57. The number of likely N-dealkylation sites (tertiary alicyclic amines) is 1. The van der Waals surface area contributed by atoms with E-state index in [1.54, 1.807) is 0 Å². The van der Waals surface area contributed by atoms with Crippen LogP contribution in [-0.2, 0) is 6.54 Å². The Morgan fingerprint density at radius 3 is 2.95 bits per heavy atom. The first-order valence-electron chi connectivity index (χ1n) is 6.48. The Kier molecular flexibility index (Phi) is 7.12. The van der Waals surface area contributed by atoms with E-state index >= 15 is 0 Å². The maximum Gasteiger partial charge on any atom is 0.0410 e. The van der Waals surface area contributed by atoms with E-state index in [4.69, 9.17) is 17.3 Å². The van der Waals surface area contributed by atoms with Gasteiger partial charge >= 0.3 is 0 Å². The van der Waals surface area contributed by atoms with E-state index < -0.39 is 0 Å². The third kappa shape index (κ3) is 4.91. The van der Waals surface area contributed by atoms with E-state index in [0.29, 0.717) is 5.92 Å². The summed E-state index contributed by atoms with van der Waals surface area (Å²) in [5.41, 5.74) is 7.28. The predicted octanol–water partition coefficient (Wildman–Crippen LogP) is 4.08. The molecule has 0 amide bonds. The van der Waals surface area contributed by atoms with Crippen molar-refractivity contribution in [1.29, 1.82) is 0 Å². The Bertz CT molecular complexity index is 412. The smallest absolute Gasteiger partial charge is 0.0410 e. The molecular weight excluding hydrogens is 347 g/mol. The number of rotatable bonds is 3. The number of piperidine rings is 1. The van der Waals surface area contributed by atoms with Crippen molar-refractivity contribution in [1.82, 2.24) is 4.90 Å². The minimum absolute atomic E-state index is 0. The molecule has 2 atom stereocenters. The minimum Gasteiger partial charge on any atom is -0.328 e. The Hall–Kier alpha value is 0.200. The van der Waals surface area contributed by atoms with Gasteiger partial charge in [-0.1, -0.05) is 27.5 Å². The number of halogens is 3. The third-order valence-corrected chi connectivity index (χ3v) is 4.70. The van der Waals surface area contributed by atoms with E-state index in [9.17, 15) is 0 Å². The second kappa shape index (κ2) is 7.84. The molecule has 0 radical (unpaired) electrons. The van der Waals surface area contributed by atoms with Crippen LogP contribution < -0.4 is 5.73 Å².